The van der Waals surface area contributed by atoms with Crippen LogP contribution in [0.2, 0.25) is 0 Å². The number of carbonyl (C=O) groups excluding carboxylic acids is 1. The number of aryl methyl sites for hydroxylation is 1. The van der Waals surface area contributed by atoms with Crippen molar-refractivity contribution in [3.05, 3.63) is 78.2 Å². The summed E-state index contributed by atoms with van der Waals surface area (Å²) in [7, 11) is 0. The maximum absolute atomic E-state index is 12.8. The van der Waals surface area contributed by atoms with E-state index in [-0.39, 0.29) is 5.91 Å². The third-order valence-corrected chi connectivity index (χ3v) is 4.57. The van der Waals surface area contributed by atoms with Crippen LogP contribution in [-0.2, 0) is 11.3 Å². The van der Waals surface area contributed by atoms with Crippen molar-refractivity contribution in [2.75, 3.05) is 6.54 Å². The summed E-state index contributed by atoms with van der Waals surface area (Å²) in [6, 6.07) is 17.4. The van der Waals surface area contributed by atoms with E-state index in [1.54, 1.807) is 0 Å². The van der Waals surface area contributed by atoms with Gasteiger partial charge in [-0.15, -0.1) is 5.10 Å². The van der Waals surface area contributed by atoms with Crippen LogP contribution in [0.15, 0.2) is 67.1 Å². The molecule has 1 unspecified atom stereocenters. The Kier molecular flexibility index (Phi) is 4.65. The summed E-state index contributed by atoms with van der Waals surface area (Å²) in [6.07, 6.45) is 3.51. The number of carbonyl (C=O) groups is 1. The lowest BCUT2D eigenvalue weighted by Gasteiger charge is -2.17. The van der Waals surface area contributed by atoms with E-state index >= 15 is 0 Å². The van der Waals surface area contributed by atoms with Gasteiger partial charge < -0.3 is 9.88 Å². The molecule has 0 aliphatic rings. The summed E-state index contributed by atoms with van der Waals surface area (Å²) in [5.74, 6) is -0.138. The number of nitrogens with zero attached hydrogens (tertiary/aromatic N) is 5. The standard InChI is InChI=1S/C20H20N6O/c1-15-7-8-18-17(13-15)9-11-25(18)12-10-21-20(27)19(26-14-22-23-24-26)16-5-3-2-4-6-16/h2-9,11,13-14,19H,10,12H2,1H3,(H,21,27). The van der Waals surface area contributed by atoms with Gasteiger partial charge in [-0.1, -0.05) is 42.0 Å². The van der Waals surface area contributed by atoms with Crippen LogP contribution in [0.5, 0.6) is 0 Å². The molecule has 136 valence electrons. The van der Waals surface area contributed by atoms with Gasteiger partial charge in [0.1, 0.15) is 6.33 Å². The van der Waals surface area contributed by atoms with Gasteiger partial charge in [0.05, 0.1) is 0 Å². The summed E-state index contributed by atoms with van der Waals surface area (Å²) >= 11 is 0. The minimum absolute atomic E-state index is 0.138. The Morgan fingerprint density at radius 2 is 2.00 bits per heavy atom. The molecule has 4 rings (SSSR count). The van der Waals surface area contributed by atoms with E-state index in [2.05, 4.69) is 56.6 Å². The number of nitrogens with one attached hydrogen (secondary N) is 1. The highest BCUT2D eigenvalue weighted by Gasteiger charge is 2.23. The van der Waals surface area contributed by atoms with Crippen molar-refractivity contribution < 1.29 is 4.79 Å². The minimum atomic E-state index is -0.592. The average molecular weight is 360 g/mol. The normalized spacial score (nSPS) is 12.2. The Morgan fingerprint density at radius 3 is 2.78 bits per heavy atom. The van der Waals surface area contributed by atoms with Crippen LogP contribution < -0.4 is 5.32 Å². The predicted octanol–water partition coefficient (Wildman–Crippen LogP) is 2.34. The number of hydrogen-bond acceptors (Lipinski definition) is 4. The fraction of sp³-hybridized carbons (Fsp3) is 0.200. The minimum Gasteiger partial charge on any atom is -0.352 e. The van der Waals surface area contributed by atoms with Crippen molar-refractivity contribution in [3.63, 3.8) is 0 Å². The number of fused-ring (bicyclic) bond motifs is 1. The van der Waals surface area contributed by atoms with Gasteiger partial charge in [-0.25, -0.2) is 4.68 Å². The number of benzene rings is 2. The van der Waals surface area contributed by atoms with Gasteiger partial charge >= 0.3 is 0 Å². The molecule has 1 amide bonds. The Labute approximate surface area is 156 Å². The lowest BCUT2D eigenvalue weighted by atomic mass is 10.1. The van der Waals surface area contributed by atoms with Gasteiger partial charge in [-0.3, -0.25) is 4.79 Å². The van der Waals surface area contributed by atoms with Gasteiger partial charge in [0.15, 0.2) is 6.04 Å². The van der Waals surface area contributed by atoms with E-state index in [9.17, 15) is 4.79 Å². The summed E-state index contributed by atoms with van der Waals surface area (Å²) < 4.78 is 3.61. The molecule has 2 heterocycles. The predicted molar refractivity (Wildman–Crippen MR) is 102 cm³/mol. The highest BCUT2D eigenvalue weighted by Crippen LogP contribution is 2.18. The van der Waals surface area contributed by atoms with Crippen molar-refractivity contribution in [3.8, 4) is 0 Å². The monoisotopic (exact) mass is 360 g/mol. The molecule has 7 heteroatoms. The van der Waals surface area contributed by atoms with Crippen LogP contribution in [0.3, 0.4) is 0 Å². The Balaban J connectivity index is 1.47. The molecule has 1 N–H and O–H groups in total. The first kappa shape index (κ1) is 17.0. The first-order chi connectivity index (χ1) is 13.2. The molecule has 0 saturated carbocycles. The summed E-state index contributed by atoms with van der Waals surface area (Å²) in [6.45, 7) is 3.29. The number of amides is 1. The molecule has 27 heavy (non-hydrogen) atoms. The van der Waals surface area contributed by atoms with E-state index < -0.39 is 6.04 Å². The van der Waals surface area contributed by atoms with Crippen LogP contribution in [0.1, 0.15) is 17.2 Å². The van der Waals surface area contributed by atoms with Crippen molar-refractivity contribution in [2.45, 2.75) is 19.5 Å². The van der Waals surface area contributed by atoms with Gasteiger partial charge in [0, 0.05) is 24.8 Å². The molecule has 2 aromatic carbocycles. The molecule has 7 nitrogen and oxygen atoms in total. The van der Waals surface area contributed by atoms with Crippen LogP contribution in [-0.4, -0.2) is 37.2 Å². The molecule has 0 aliphatic heterocycles. The smallest absolute Gasteiger partial charge is 0.249 e. The van der Waals surface area contributed by atoms with Crippen LogP contribution in [0, 0.1) is 6.92 Å². The number of rotatable bonds is 6. The average Bonchev–Trinajstić information content (AvgIpc) is 3.33. The largest absolute Gasteiger partial charge is 0.352 e. The van der Waals surface area contributed by atoms with E-state index in [1.165, 1.54) is 22.0 Å². The molecule has 2 aromatic heterocycles. The van der Waals surface area contributed by atoms with Crippen molar-refractivity contribution in [1.82, 2.24) is 30.1 Å². The fourth-order valence-electron chi connectivity index (χ4n) is 3.26. The Hall–Kier alpha value is -3.48. The second-order valence-corrected chi connectivity index (χ2v) is 6.47. The van der Waals surface area contributed by atoms with E-state index in [0.29, 0.717) is 13.1 Å². The highest BCUT2D eigenvalue weighted by molar-refractivity contribution is 5.83. The SMILES string of the molecule is Cc1ccc2c(ccn2CCNC(=O)C(c2ccccc2)n2cnnn2)c1. The quantitative estimate of drug-likeness (QED) is 0.572. The van der Waals surface area contributed by atoms with Crippen molar-refractivity contribution >= 4 is 16.8 Å². The van der Waals surface area contributed by atoms with Crippen LogP contribution in [0.25, 0.3) is 10.9 Å². The molecule has 1 atom stereocenters. The molecule has 0 radical (unpaired) electrons. The van der Waals surface area contributed by atoms with Gasteiger partial charge in [0.2, 0.25) is 5.91 Å². The highest BCUT2D eigenvalue weighted by atomic mass is 16.2. The summed E-state index contributed by atoms with van der Waals surface area (Å²) in [5, 5.41) is 15.4. The molecule has 0 spiro atoms. The van der Waals surface area contributed by atoms with E-state index in [0.717, 1.165) is 11.1 Å². The van der Waals surface area contributed by atoms with Gasteiger partial charge in [-0.2, -0.15) is 0 Å². The lowest BCUT2D eigenvalue weighted by molar-refractivity contribution is -0.123. The molecule has 0 bridgehead atoms. The first-order valence-electron chi connectivity index (χ1n) is 8.83. The number of tetrazole rings is 1. The molecular weight excluding hydrogens is 340 g/mol. The third kappa shape index (κ3) is 3.57. The second kappa shape index (κ2) is 7.41. The Bertz CT molecular complexity index is 1040. The van der Waals surface area contributed by atoms with Gasteiger partial charge in [0.25, 0.3) is 0 Å². The second-order valence-electron chi connectivity index (χ2n) is 6.47. The molecule has 0 aliphatic carbocycles. The molecule has 4 aromatic rings. The number of aromatic nitrogens is 5. The maximum atomic E-state index is 12.8. The van der Waals surface area contributed by atoms with Crippen LogP contribution in [0.4, 0.5) is 0 Å². The number of hydrogen-bond donors (Lipinski definition) is 1. The topological polar surface area (TPSA) is 77.6 Å². The van der Waals surface area contributed by atoms with Crippen molar-refractivity contribution in [1.29, 1.82) is 0 Å². The first-order valence-corrected chi connectivity index (χ1v) is 8.83. The maximum Gasteiger partial charge on any atom is 0.249 e. The Morgan fingerprint density at radius 1 is 1.15 bits per heavy atom. The summed E-state index contributed by atoms with van der Waals surface area (Å²) in [5.41, 5.74) is 3.24. The zero-order valence-corrected chi connectivity index (χ0v) is 15.0. The third-order valence-electron chi connectivity index (χ3n) is 4.57. The van der Waals surface area contributed by atoms with Gasteiger partial charge in [-0.05, 0) is 46.5 Å². The van der Waals surface area contributed by atoms with E-state index in [1.807, 2.05) is 36.5 Å². The fourth-order valence-corrected chi connectivity index (χ4v) is 3.26. The zero-order valence-electron chi connectivity index (χ0n) is 15.0. The van der Waals surface area contributed by atoms with E-state index in [4.69, 9.17) is 0 Å². The zero-order chi connectivity index (χ0) is 18.6. The summed E-state index contributed by atoms with van der Waals surface area (Å²) in [4.78, 5) is 12.8. The van der Waals surface area contributed by atoms with Crippen LogP contribution >= 0.6 is 0 Å². The van der Waals surface area contributed by atoms with Crippen molar-refractivity contribution in [2.24, 2.45) is 0 Å². The molecule has 0 fully saturated rings. The molecular formula is C20H20N6O. The molecule has 0 saturated heterocycles. The lowest BCUT2D eigenvalue weighted by Crippen LogP contribution is -2.35.